The smallest absolute Gasteiger partial charge is 0.313 e. The molecule has 8 heteroatoms. The number of hydrogen-bond acceptors (Lipinski definition) is 6. The normalized spacial score (nSPS) is 38.3. The summed E-state index contributed by atoms with van der Waals surface area (Å²) in [6.07, 6.45) is 16.8. The van der Waals surface area contributed by atoms with Crippen molar-refractivity contribution in [2.24, 2.45) is 11.8 Å². The van der Waals surface area contributed by atoms with Gasteiger partial charge in [-0.25, -0.2) is 0 Å². The van der Waals surface area contributed by atoms with Crippen molar-refractivity contribution in [1.29, 1.82) is 0 Å². The van der Waals surface area contributed by atoms with Crippen LogP contribution in [-0.2, 0) is 23.9 Å². The van der Waals surface area contributed by atoms with Gasteiger partial charge in [0.25, 0.3) is 0 Å². The van der Waals surface area contributed by atoms with E-state index in [0.717, 1.165) is 44.9 Å². The van der Waals surface area contributed by atoms with Gasteiger partial charge in [-0.05, 0) is 51.9 Å². The molecule has 0 radical (unpaired) electrons. The quantitative estimate of drug-likeness (QED) is 0.354. The average molecular weight is 501 g/mol. The Bertz CT molecular complexity index is 927. The third-order valence-electron chi connectivity index (χ3n) is 8.85. The van der Waals surface area contributed by atoms with E-state index in [9.17, 15) is 19.5 Å². The van der Waals surface area contributed by atoms with Crippen LogP contribution in [0.15, 0.2) is 24.3 Å². The first-order valence-corrected chi connectivity index (χ1v) is 13.9. The number of carbonyl (C=O) groups is 3. The van der Waals surface area contributed by atoms with Gasteiger partial charge in [0.1, 0.15) is 17.6 Å². The first kappa shape index (κ1) is 25.5. The second-order valence-corrected chi connectivity index (χ2v) is 11.2. The molecule has 5 aliphatic rings. The molecule has 1 N–H and O–H groups in total. The Kier molecular flexibility index (Phi) is 7.27. The maximum atomic E-state index is 14.3. The summed E-state index contributed by atoms with van der Waals surface area (Å²) in [6.45, 7) is 3.03. The van der Waals surface area contributed by atoms with Crippen molar-refractivity contribution in [1.82, 2.24) is 9.80 Å². The van der Waals surface area contributed by atoms with Crippen LogP contribution in [-0.4, -0.2) is 82.3 Å². The maximum absolute atomic E-state index is 14.3. The van der Waals surface area contributed by atoms with Gasteiger partial charge in [0.05, 0.1) is 18.1 Å². The number of ether oxygens (including phenoxy) is 2. The summed E-state index contributed by atoms with van der Waals surface area (Å²) in [5.74, 6) is -2.40. The highest BCUT2D eigenvalue weighted by Gasteiger charge is 2.74. The Hall–Kier alpha value is -2.19. The minimum absolute atomic E-state index is 0.0254. The monoisotopic (exact) mass is 500 g/mol. The van der Waals surface area contributed by atoms with Gasteiger partial charge in [-0.15, -0.1) is 0 Å². The average Bonchev–Trinajstić information content (AvgIpc) is 3.19. The zero-order chi connectivity index (χ0) is 25.3. The summed E-state index contributed by atoms with van der Waals surface area (Å²) >= 11 is 0. The van der Waals surface area contributed by atoms with Gasteiger partial charge in [0.15, 0.2) is 0 Å². The second kappa shape index (κ2) is 10.3. The molecule has 1 aliphatic carbocycles. The standard InChI is InChI=1S/C28H40N2O6/c1-27-14-7-2-3-10-19-35-26(34)22(27)21-24(32)30(16-8-9-18-31)23-25(33)29(20-12-5-4-6-13-20)17-11-15-28(21,23)36-27/h7,11,14-15,20-23,31H,2-6,8-10,12-13,16-19H2,1H3/b14-7-/t21-,22-,23?,27+,28-/m0/s1. The molecule has 0 bridgehead atoms. The van der Waals surface area contributed by atoms with Crippen LogP contribution in [0.1, 0.15) is 71.1 Å². The fraction of sp³-hybridized carbons (Fsp3) is 0.750. The summed E-state index contributed by atoms with van der Waals surface area (Å²) in [6, 6.07) is -0.674. The van der Waals surface area contributed by atoms with E-state index in [4.69, 9.17) is 9.47 Å². The van der Waals surface area contributed by atoms with Crippen molar-refractivity contribution < 1.29 is 29.0 Å². The molecule has 1 unspecified atom stereocenters. The van der Waals surface area contributed by atoms with E-state index in [-0.39, 0.29) is 24.5 Å². The predicted octanol–water partition coefficient (Wildman–Crippen LogP) is 2.74. The second-order valence-electron chi connectivity index (χ2n) is 11.2. The lowest BCUT2D eigenvalue weighted by Crippen LogP contribution is -2.57. The Morgan fingerprint density at radius 3 is 2.56 bits per heavy atom. The highest BCUT2D eigenvalue weighted by Crippen LogP contribution is 2.57. The number of carbonyl (C=O) groups excluding carboxylic acids is 3. The lowest BCUT2D eigenvalue weighted by molar-refractivity contribution is -0.160. The summed E-state index contributed by atoms with van der Waals surface area (Å²) in [7, 11) is 0. The molecule has 2 amide bonds. The van der Waals surface area contributed by atoms with Crippen molar-refractivity contribution >= 4 is 17.8 Å². The lowest BCUT2D eigenvalue weighted by Gasteiger charge is -2.40. The fourth-order valence-electron chi connectivity index (χ4n) is 7.17. The number of rotatable bonds is 5. The number of likely N-dealkylation sites (tertiary alicyclic amines) is 1. The van der Waals surface area contributed by atoms with Crippen molar-refractivity contribution in [2.45, 2.75) is 94.4 Å². The molecule has 198 valence electrons. The molecule has 1 spiro atoms. The molecular formula is C28H40N2O6. The van der Waals surface area contributed by atoms with Crippen LogP contribution in [0.3, 0.4) is 0 Å². The molecule has 36 heavy (non-hydrogen) atoms. The highest BCUT2D eigenvalue weighted by atomic mass is 16.6. The first-order chi connectivity index (χ1) is 17.4. The van der Waals surface area contributed by atoms with Crippen molar-refractivity contribution in [3.05, 3.63) is 24.3 Å². The molecule has 0 aromatic rings. The Morgan fingerprint density at radius 2 is 1.78 bits per heavy atom. The van der Waals surface area contributed by atoms with E-state index in [1.807, 2.05) is 36.1 Å². The lowest BCUT2D eigenvalue weighted by atomic mass is 9.74. The Labute approximate surface area is 213 Å². The van der Waals surface area contributed by atoms with E-state index < -0.39 is 35.0 Å². The number of amides is 2. The van der Waals surface area contributed by atoms with Crippen LogP contribution in [0.4, 0.5) is 0 Å². The predicted molar refractivity (Wildman–Crippen MR) is 133 cm³/mol. The van der Waals surface area contributed by atoms with Gasteiger partial charge in [-0.3, -0.25) is 14.4 Å². The highest BCUT2D eigenvalue weighted by molar-refractivity contribution is 5.99. The summed E-state index contributed by atoms with van der Waals surface area (Å²) in [5.41, 5.74) is -2.28. The molecule has 5 rings (SSSR count). The SMILES string of the molecule is C[C@@]12/C=C\CCCCOC(=O)[C@@H]1[C@H]1C(=O)N(CCCCO)C3C(=O)N(C4CCCCC4)CC=C[C@@]31O2. The van der Waals surface area contributed by atoms with Gasteiger partial charge in [0.2, 0.25) is 11.8 Å². The van der Waals surface area contributed by atoms with E-state index in [1.54, 1.807) is 4.90 Å². The van der Waals surface area contributed by atoms with E-state index >= 15 is 0 Å². The van der Waals surface area contributed by atoms with Crippen LogP contribution in [0.5, 0.6) is 0 Å². The topological polar surface area (TPSA) is 96.4 Å². The Morgan fingerprint density at radius 1 is 0.972 bits per heavy atom. The molecule has 4 aliphatic heterocycles. The van der Waals surface area contributed by atoms with Gasteiger partial charge in [-0.1, -0.05) is 43.6 Å². The third kappa shape index (κ3) is 4.20. The molecule has 1 saturated carbocycles. The minimum atomic E-state index is -1.23. The van der Waals surface area contributed by atoms with Gasteiger partial charge >= 0.3 is 5.97 Å². The van der Waals surface area contributed by atoms with Crippen molar-refractivity contribution in [3.8, 4) is 0 Å². The summed E-state index contributed by atoms with van der Waals surface area (Å²) < 4.78 is 12.5. The largest absolute Gasteiger partial charge is 0.465 e. The van der Waals surface area contributed by atoms with Gasteiger partial charge in [-0.2, -0.15) is 0 Å². The number of hydrogen-bond donors (Lipinski definition) is 1. The molecule has 3 fully saturated rings. The molecule has 2 saturated heterocycles. The zero-order valence-corrected chi connectivity index (χ0v) is 21.4. The maximum Gasteiger partial charge on any atom is 0.313 e. The van der Waals surface area contributed by atoms with Gasteiger partial charge in [0, 0.05) is 25.7 Å². The minimum Gasteiger partial charge on any atom is -0.465 e. The number of esters is 1. The molecule has 4 heterocycles. The molecular weight excluding hydrogens is 460 g/mol. The molecule has 5 atom stereocenters. The molecule has 8 nitrogen and oxygen atoms in total. The van der Waals surface area contributed by atoms with Crippen LogP contribution in [0, 0.1) is 11.8 Å². The van der Waals surface area contributed by atoms with Crippen LogP contribution >= 0.6 is 0 Å². The van der Waals surface area contributed by atoms with Gasteiger partial charge < -0.3 is 24.4 Å². The van der Waals surface area contributed by atoms with Crippen LogP contribution in [0.2, 0.25) is 0 Å². The molecule has 0 aromatic heterocycles. The number of nitrogens with zero attached hydrogens (tertiary/aromatic N) is 2. The zero-order valence-electron chi connectivity index (χ0n) is 21.4. The summed E-state index contributed by atoms with van der Waals surface area (Å²) in [4.78, 5) is 45.5. The number of fused-ring (bicyclic) bond motifs is 2. The van der Waals surface area contributed by atoms with Crippen LogP contribution < -0.4 is 0 Å². The van der Waals surface area contributed by atoms with E-state index in [2.05, 4.69) is 0 Å². The van der Waals surface area contributed by atoms with E-state index in [1.165, 1.54) is 6.42 Å². The first-order valence-electron chi connectivity index (χ1n) is 13.9. The van der Waals surface area contributed by atoms with Crippen molar-refractivity contribution in [2.75, 3.05) is 26.3 Å². The Balaban J connectivity index is 1.58. The number of allylic oxidation sites excluding steroid dienone is 1. The fourth-order valence-corrected chi connectivity index (χ4v) is 7.17. The number of aliphatic hydroxyl groups is 1. The van der Waals surface area contributed by atoms with Crippen molar-refractivity contribution in [3.63, 3.8) is 0 Å². The number of unbranched alkanes of at least 4 members (excludes halogenated alkanes) is 1. The molecule has 0 aromatic carbocycles. The van der Waals surface area contributed by atoms with Crippen LogP contribution in [0.25, 0.3) is 0 Å². The number of aliphatic hydroxyl groups excluding tert-OH is 1. The third-order valence-corrected chi connectivity index (χ3v) is 8.85. The summed E-state index contributed by atoms with van der Waals surface area (Å²) in [5, 5.41) is 9.35. The number of cyclic esters (lactones) is 1. The van der Waals surface area contributed by atoms with E-state index in [0.29, 0.717) is 32.5 Å².